The number of fused-ring (bicyclic) bond motifs is 1. The highest BCUT2D eigenvalue weighted by atomic mass is 79.9. The Bertz CT molecular complexity index is 667. The maximum Gasteiger partial charge on any atom is 0.339 e. The van der Waals surface area contributed by atoms with Crippen LogP contribution < -0.4 is 4.74 Å². The lowest BCUT2D eigenvalue weighted by Gasteiger charge is -2.17. The van der Waals surface area contributed by atoms with Gasteiger partial charge >= 0.3 is 5.97 Å². The summed E-state index contributed by atoms with van der Waals surface area (Å²) in [6.07, 6.45) is 0.621. The summed E-state index contributed by atoms with van der Waals surface area (Å²) in [6.45, 7) is 2.65. The van der Waals surface area contributed by atoms with Gasteiger partial charge in [-0.25, -0.2) is 4.79 Å². The molecule has 2 rings (SSSR count). The van der Waals surface area contributed by atoms with Crippen molar-refractivity contribution in [2.45, 2.75) is 13.3 Å². The van der Waals surface area contributed by atoms with Crippen LogP contribution in [0, 0.1) is 0 Å². The Hall–Kier alpha value is -1.59. The standard InChI is InChI=1S/C16H17BrO4/c1-3-10-11-6-4-5-7-12(11)14(17)15(13(10)16(18)19)21-9-8-20-2/h4-7H,3,8-9H2,1-2H3,(H,18,19). The van der Waals surface area contributed by atoms with Crippen LogP contribution in [0.4, 0.5) is 0 Å². The van der Waals surface area contributed by atoms with Crippen molar-refractivity contribution in [3.63, 3.8) is 0 Å². The molecule has 0 fully saturated rings. The number of carboxylic acids is 1. The van der Waals surface area contributed by atoms with Gasteiger partial charge < -0.3 is 14.6 Å². The van der Waals surface area contributed by atoms with Crippen molar-refractivity contribution >= 4 is 32.7 Å². The van der Waals surface area contributed by atoms with Crippen LogP contribution >= 0.6 is 15.9 Å². The van der Waals surface area contributed by atoms with Crippen LogP contribution in [-0.2, 0) is 11.2 Å². The summed E-state index contributed by atoms with van der Waals surface area (Å²) >= 11 is 3.49. The fourth-order valence-corrected chi connectivity index (χ4v) is 3.06. The number of carboxylic acid groups (broad SMARTS) is 1. The fourth-order valence-electron chi connectivity index (χ4n) is 2.40. The summed E-state index contributed by atoms with van der Waals surface area (Å²) in [7, 11) is 1.58. The smallest absolute Gasteiger partial charge is 0.339 e. The zero-order chi connectivity index (χ0) is 15.4. The maximum absolute atomic E-state index is 11.7. The van der Waals surface area contributed by atoms with E-state index in [-0.39, 0.29) is 5.56 Å². The molecule has 0 radical (unpaired) electrons. The normalized spacial score (nSPS) is 10.8. The zero-order valence-electron chi connectivity index (χ0n) is 12.0. The van der Waals surface area contributed by atoms with Crippen molar-refractivity contribution in [3.05, 3.63) is 39.9 Å². The topological polar surface area (TPSA) is 55.8 Å². The number of aryl methyl sites for hydroxylation is 1. The van der Waals surface area contributed by atoms with E-state index < -0.39 is 5.97 Å². The lowest BCUT2D eigenvalue weighted by Crippen LogP contribution is -2.11. The van der Waals surface area contributed by atoms with E-state index in [1.807, 2.05) is 31.2 Å². The van der Waals surface area contributed by atoms with Gasteiger partial charge in [-0.3, -0.25) is 0 Å². The van der Waals surface area contributed by atoms with Gasteiger partial charge in [0.1, 0.15) is 17.9 Å². The Morgan fingerprint density at radius 3 is 2.48 bits per heavy atom. The SMILES string of the molecule is CCc1c(C(=O)O)c(OCCOC)c(Br)c2ccccc12. The van der Waals surface area contributed by atoms with Crippen LogP contribution in [0.25, 0.3) is 10.8 Å². The second-order valence-corrected chi connectivity index (χ2v) is 5.34. The lowest BCUT2D eigenvalue weighted by atomic mass is 9.96. The second kappa shape index (κ2) is 6.91. The van der Waals surface area contributed by atoms with Crippen LogP contribution in [0.2, 0.25) is 0 Å². The van der Waals surface area contributed by atoms with Gasteiger partial charge in [-0.15, -0.1) is 0 Å². The lowest BCUT2D eigenvalue weighted by molar-refractivity contribution is 0.0688. The zero-order valence-corrected chi connectivity index (χ0v) is 13.6. The molecule has 0 amide bonds. The first-order chi connectivity index (χ1) is 10.1. The third-order valence-electron chi connectivity index (χ3n) is 3.32. The van der Waals surface area contributed by atoms with Crippen molar-refractivity contribution in [2.75, 3.05) is 20.3 Å². The summed E-state index contributed by atoms with van der Waals surface area (Å²) < 4.78 is 11.3. The molecule has 1 N–H and O–H groups in total. The molecule has 0 spiro atoms. The number of benzene rings is 2. The molecular formula is C16H17BrO4. The van der Waals surface area contributed by atoms with E-state index in [1.165, 1.54) is 0 Å². The molecule has 0 heterocycles. The van der Waals surface area contributed by atoms with E-state index in [2.05, 4.69) is 15.9 Å². The summed E-state index contributed by atoms with van der Waals surface area (Å²) in [6, 6.07) is 7.72. The Labute approximate surface area is 131 Å². The average molecular weight is 353 g/mol. The number of methoxy groups -OCH3 is 1. The van der Waals surface area contributed by atoms with Crippen LogP contribution in [0.15, 0.2) is 28.7 Å². The summed E-state index contributed by atoms with van der Waals surface area (Å²) in [5, 5.41) is 11.5. The molecule has 0 aliphatic rings. The molecule has 0 saturated heterocycles. The minimum atomic E-state index is -0.981. The molecule has 0 saturated carbocycles. The molecule has 5 heteroatoms. The van der Waals surface area contributed by atoms with Gasteiger partial charge in [0.05, 0.1) is 11.1 Å². The fraction of sp³-hybridized carbons (Fsp3) is 0.312. The van der Waals surface area contributed by atoms with E-state index in [0.717, 1.165) is 16.3 Å². The van der Waals surface area contributed by atoms with Gasteiger partial charge in [-0.05, 0) is 38.7 Å². The number of halogens is 1. The quantitative estimate of drug-likeness (QED) is 0.801. The second-order valence-electron chi connectivity index (χ2n) is 4.54. The van der Waals surface area contributed by atoms with E-state index in [4.69, 9.17) is 9.47 Å². The number of hydrogen-bond donors (Lipinski definition) is 1. The van der Waals surface area contributed by atoms with Crippen molar-refractivity contribution in [1.29, 1.82) is 0 Å². The Morgan fingerprint density at radius 1 is 1.24 bits per heavy atom. The number of carbonyl (C=O) groups is 1. The summed E-state index contributed by atoms with van der Waals surface area (Å²) in [5.74, 6) is -0.610. The molecule has 4 nitrogen and oxygen atoms in total. The van der Waals surface area contributed by atoms with Gasteiger partial charge in [-0.2, -0.15) is 0 Å². The molecule has 0 aliphatic carbocycles. The Kier molecular flexibility index (Phi) is 5.20. The van der Waals surface area contributed by atoms with E-state index in [0.29, 0.717) is 29.9 Å². The highest BCUT2D eigenvalue weighted by molar-refractivity contribution is 9.10. The molecule has 0 aliphatic heterocycles. The molecular weight excluding hydrogens is 336 g/mol. The third-order valence-corrected chi connectivity index (χ3v) is 4.11. The van der Waals surface area contributed by atoms with E-state index in [1.54, 1.807) is 7.11 Å². The maximum atomic E-state index is 11.7. The number of aromatic carboxylic acids is 1. The Morgan fingerprint density at radius 2 is 1.90 bits per heavy atom. The monoisotopic (exact) mass is 352 g/mol. The first-order valence-electron chi connectivity index (χ1n) is 6.69. The third kappa shape index (κ3) is 3.04. The van der Waals surface area contributed by atoms with Crippen molar-refractivity contribution in [3.8, 4) is 5.75 Å². The predicted molar refractivity (Wildman–Crippen MR) is 85.4 cm³/mol. The Balaban J connectivity index is 2.71. The molecule has 21 heavy (non-hydrogen) atoms. The molecule has 0 bridgehead atoms. The molecule has 2 aromatic rings. The van der Waals surface area contributed by atoms with Gasteiger partial charge in [0.25, 0.3) is 0 Å². The van der Waals surface area contributed by atoms with E-state index in [9.17, 15) is 9.90 Å². The van der Waals surface area contributed by atoms with Crippen LogP contribution in [0.3, 0.4) is 0 Å². The van der Waals surface area contributed by atoms with Crippen molar-refractivity contribution in [2.24, 2.45) is 0 Å². The largest absolute Gasteiger partial charge is 0.489 e. The van der Waals surface area contributed by atoms with Crippen LogP contribution in [0.1, 0.15) is 22.8 Å². The molecule has 0 unspecified atom stereocenters. The van der Waals surface area contributed by atoms with Gasteiger partial charge in [0, 0.05) is 7.11 Å². The summed E-state index contributed by atoms with van der Waals surface area (Å²) in [4.78, 5) is 11.7. The number of ether oxygens (including phenoxy) is 2. The molecule has 2 aromatic carbocycles. The van der Waals surface area contributed by atoms with Gasteiger partial charge in [-0.1, -0.05) is 31.2 Å². The van der Waals surface area contributed by atoms with Gasteiger partial charge in [0.15, 0.2) is 0 Å². The first kappa shape index (κ1) is 15.8. The van der Waals surface area contributed by atoms with E-state index >= 15 is 0 Å². The molecule has 112 valence electrons. The minimum Gasteiger partial charge on any atom is -0.489 e. The summed E-state index contributed by atoms with van der Waals surface area (Å²) in [5.41, 5.74) is 1.01. The first-order valence-corrected chi connectivity index (χ1v) is 7.49. The van der Waals surface area contributed by atoms with Crippen LogP contribution in [-0.4, -0.2) is 31.4 Å². The van der Waals surface area contributed by atoms with Crippen LogP contribution in [0.5, 0.6) is 5.75 Å². The average Bonchev–Trinajstić information content (AvgIpc) is 2.49. The highest BCUT2D eigenvalue weighted by Crippen LogP contribution is 2.40. The van der Waals surface area contributed by atoms with Gasteiger partial charge in [0.2, 0.25) is 0 Å². The number of hydrogen-bond acceptors (Lipinski definition) is 3. The highest BCUT2D eigenvalue weighted by Gasteiger charge is 2.23. The van der Waals surface area contributed by atoms with Crippen molar-refractivity contribution in [1.82, 2.24) is 0 Å². The molecule has 0 aromatic heterocycles. The predicted octanol–water partition coefficient (Wildman–Crippen LogP) is 3.89. The minimum absolute atomic E-state index is 0.221. The number of rotatable bonds is 6. The van der Waals surface area contributed by atoms with Crippen molar-refractivity contribution < 1.29 is 19.4 Å². The molecule has 0 atom stereocenters.